The van der Waals surface area contributed by atoms with E-state index in [2.05, 4.69) is 19.2 Å². The highest BCUT2D eigenvalue weighted by Gasteiger charge is 2.48. The summed E-state index contributed by atoms with van der Waals surface area (Å²) in [5.74, 6) is 0.854. The van der Waals surface area contributed by atoms with Crippen LogP contribution in [-0.4, -0.2) is 29.1 Å². The molecule has 4 heteroatoms. The summed E-state index contributed by atoms with van der Waals surface area (Å²) >= 11 is 1.82. The number of ether oxygens (including phenoxy) is 1. The molecule has 1 aromatic rings. The van der Waals surface area contributed by atoms with E-state index in [4.69, 9.17) is 4.74 Å². The Kier molecular flexibility index (Phi) is 4.40. The first-order valence-electron chi connectivity index (χ1n) is 6.72. The van der Waals surface area contributed by atoms with Gasteiger partial charge in [-0.2, -0.15) is 11.8 Å². The summed E-state index contributed by atoms with van der Waals surface area (Å²) in [5.41, 5.74) is 1.60. The van der Waals surface area contributed by atoms with Crippen LogP contribution in [0.3, 0.4) is 0 Å². The van der Waals surface area contributed by atoms with Crippen LogP contribution >= 0.6 is 11.8 Å². The fraction of sp³-hybridized carbons (Fsp3) is 0.533. The smallest absolute Gasteiger partial charge is 0.332 e. The SMILES string of the molecule is CCOC(=O)C1(Nc2ccc(C)cc2)CCSC1C. The second kappa shape index (κ2) is 5.87. The average Bonchev–Trinajstić information content (AvgIpc) is 2.75. The third-order valence-electron chi connectivity index (χ3n) is 3.62. The minimum Gasteiger partial charge on any atom is -0.464 e. The van der Waals surface area contributed by atoms with Crippen LogP contribution in [0.15, 0.2) is 24.3 Å². The Labute approximate surface area is 119 Å². The maximum atomic E-state index is 12.4. The highest BCUT2D eigenvalue weighted by molar-refractivity contribution is 8.00. The first kappa shape index (κ1) is 14.3. The molecule has 0 aromatic heterocycles. The van der Waals surface area contributed by atoms with Crippen LogP contribution in [0.25, 0.3) is 0 Å². The predicted molar refractivity (Wildman–Crippen MR) is 80.7 cm³/mol. The minimum absolute atomic E-state index is 0.131. The fourth-order valence-corrected chi connectivity index (χ4v) is 3.73. The van der Waals surface area contributed by atoms with Crippen molar-refractivity contribution in [2.24, 2.45) is 0 Å². The number of hydrogen-bond donors (Lipinski definition) is 1. The average molecular weight is 279 g/mol. The summed E-state index contributed by atoms with van der Waals surface area (Å²) in [5, 5.41) is 3.64. The van der Waals surface area contributed by atoms with E-state index in [1.54, 1.807) is 0 Å². The molecule has 0 aliphatic carbocycles. The number of benzene rings is 1. The van der Waals surface area contributed by atoms with Crippen molar-refractivity contribution < 1.29 is 9.53 Å². The van der Waals surface area contributed by atoms with Crippen LogP contribution in [0.1, 0.15) is 25.8 Å². The predicted octanol–water partition coefficient (Wildman–Crippen LogP) is 3.23. The molecule has 0 bridgehead atoms. The van der Waals surface area contributed by atoms with Gasteiger partial charge in [0.1, 0.15) is 5.54 Å². The summed E-state index contributed by atoms with van der Waals surface area (Å²) in [6.45, 7) is 6.42. The van der Waals surface area contributed by atoms with Crippen LogP contribution in [0.2, 0.25) is 0 Å². The van der Waals surface area contributed by atoms with Gasteiger partial charge in [-0.25, -0.2) is 4.79 Å². The van der Waals surface area contributed by atoms with E-state index < -0.39 is 5.54 Å². The first-order chi connectivity index (χ1) is 9.08. The fourth-order valence-electron chi connectivity index (χ4n) is 2.38. The molecule has 1 aromatic carbocycles. The lowest BCUT2D eigenvalue weighted by molar-refractivity contribution is -0.148. The van der Waals surface area contributed by atoms with Crippen molar-refractivity contribution in [2.45, 2.75) is 38.0 Å². The van der Waals surface area contributed by atoms with Crippen molar-refractivity contribution in [3.63, 3.8) is 0 Å². The van der Waals surface area contributed by atoms with Crippen molar-refractivity contribution >= 4 is 23.4 Å². The molecule has 1 aliphatic heterocycles. The lowest BCUT2D eigenvalue weighted by Crippen LogP contribution is -2.51. The number of esters is 1. The molecular formula is C15H21NO2S. The third kappa shape index (κ3) is 2.89. The van der Waals surface area contributed by atoms with E-state index in [-0.39, 0.29) is 11.2 Å². The number of aryl methyl sites for hydroxylation is 1. The molecule has 3 nitrogen and oxygen atoms in total. The number of carbonyl (C=O) groups excluding carboxylic acids is 1. The summed E-state index contributed by atoms with van der Waals surface area (Å²) in [7, 11) is 0. The quantitative estimate of drug-likeness (QED) is 0.859. The Hall–Kier alpha value is -1.16. The molecule has 104 valence electrons. The molecule has 1 fully saturated rings. The molecule has 0 amide bonds. The number of thioether (sulfide) groups is 1. The van der Waals surface area contributed by atoms with Gasteiger partial charge in [0.2, 0.25) is 0 Å². The van der Waals surface area contributed by atoms with E-state index in [0.29, 0.717) is 6.61 Å². The molecule has 2 atom stereocenters. The second-order valence-corrected chi connectivity index (χ2v) is 6.39. The molecule has 2 unspecified atom stereocenters. The molecule has 1 heterocycles. The van der Waals surface area contributed by atoms with Crippen molar-refractivity contribution in [1.82, 2.24) is 0 Å². The Morgan fingerprint density at radius 2 is 2.16 bits per heavy atom. The van der Waals surface area contributed by atoms with Gasteiger partial charge in [0.15, 0.2) is 0 Å². The van der Waals surface area contributed by atoms with Crippen LogP contribution in [-0.2, 0) is 9.53 Å². The number of hydrogen-bond acceptors (Lipinski definition) is 4. The van der Waals surface area contributed by atoms with Gasteiger partial charge in [0.05, 0.1) is 6.61 Å². The molecule has 1 aliphatic rings. The van der Waals surface area contributed by atoms with Gasteiger partial charge in [0, 0.05) is 10.9 Å². The number of anilines is 1. The normalized spacial score (nSPS) is 26.2. The Bertz CT molecular complexity index is 446. The largest absolute Gasteiger partial charge is 0.464 e. The van der Waals surface area contributed by atoms with Crippen molar-refractivity contribution in [3.05, 3.63) is 29.8 Å². The van der Waals surface area contributed by atoms with Crippen LogP contribution in [0.5, 0.6) is 0 Å². The number of carbonyl (C=O) groups is 1. The van der Waals surface area contributed by atoms with Gasteiger partial charge < -0.3 is 10.1 Å². The maximum absolute atomic E-state index is 12.4. The molecule has 19 heavy (non-hydrogen) atoms. The van der Waals surface area contributed by atoms with Crippen molar-refractivity contribution in [3.8, 4) is 0 Å². The number of nitrogens with one attached hydrogen (secondary N) is 1. The van der Waals surface area contributed by atoms with Gasteiger partial charge in [0.25, 0.3) is 0 Å². The lowest BCUT2D eigenvalue weighted by atomic mass is 9.92. The Balaban J connectivity index is 2.23. The second-order valence-electron chi connectivity index (χ2n) is 4.95. The zero-order chi connectivity index (χ0) is 13.9. The highest BCUT2D eigenvalue weighted by Crippen LogP contribution is 2.39. The molecule has 2 rings (SSSR count). The Morgan fingerprint density at radius 1 is 1.47 bits per heavy atom. The molecule has 1 N–H and O–H groups in total. The lowest BCUT2D eigenvalue weighted by Gasteiger charge is -2.32. The third-order valence-corrected chi connectivity index (χ3v) is 4.96. The molecule has 1 saturated heterocycles. The monoisotopic (exact) mass is 279 g/mol. The number of rotatable bonds is 4. The standard InChI is InChI=1S/C15H21NO2S/c1-4-18-14(17)15(9-10-19-12(15)3)16-13-7-5-11(2)6-8-13/h5-8,12,16H,4,9-10H2,1-3H3. The minimum atomic E-state index is -0.587. The molecular weight excluding hydrogens is 258 g/mol. The highest BCUT2D eigenvalue weighted by atomic mass is 32.2. The van der Waals surface area contributed by atoms with E-state index in [9.17, 15) is 4.79 Å². The van der Waals surface area contributed by atoms with Gasteiger partial charge in [-0.3, -0.25) is 0 Å². The van der Waals surface area contributed by atoms with Crippen LogP contribution < -0.4 is 5.32 Å². The summed E-state index contributed by atoms with van der Waals surface area (Å²) in [4.78, 5) is 12.4. The molecule has 0 saturated carbocycles. The van der Waals surface area contributed by atoms with E-state index in [1.165, 1.54) is 5.56 Å². The molecule has 0 spiro atoms. The van der Waals surface area contributed by atoms with E-state index in [1.807, 2.05) is 43.0 Å². The maximum Gasteiger partial charge on any atom is 0.332 e. The topological polar surface area (TPSA) is 38.3 Å². The van der Waals surface area contributed by atoms with Gasteiger partial charge in [-0.1, -0.05) is 24.6 Å². The molecule has 0 radical (unpaired) electrons. The summed E-state index contributed by atoms with van der Waals surface area (Å²) < 4.78 is 5.28. The zero-order valence-electron chi connectivity index (χ0n) is 11.7. The van der Waals surface area contributed by atoms with Crippen LogP contribution in [0, 0.1) is 6.92 Å². The van der Waals surface area contributed by atoms with Gasteiger partial charge >= 0.3 is 5.97 Å². The first-order valence-corrected chi connectivity index (χ1v) is 7.77. The van der Waals surface area contributed by atoms with Crippen LogP contribution in [0.4, 0.5) is 5.69 Å². The summed E-state index contributed by atoms with van der Waals surface area (Å²) in [6, 6.07) is 8.14. The van der Waals surface area contributed by atoms with E-state index in [0.717, 1.165) is 17.9 Å². The Morgan fingerprint density at radius 3 is 2.68 bits per heavy atom. The zero-order valence-corrected chi connectivity index (χ0v) is 12.5. The van der Waals surface area contributed by atoms with Crippen molar-refractivity contribution in [2.75, 3.05) is 17.7 Å². The summed E-state index contributed by atoms with van der Waals surface area (Å²) in [6.07, 6.45) is 0.811. The van der Waals surface area contributed by atoms with Gasteiger partial charge in [-0.05, 0) is 38.2 Å². The van der Waals surface area contributed by atoms with Crippen molar-refractivity contribution in [1.29, 1.82) is 0 Å². The van der Waals surface area contributed by atoms with Gasteiger partial charge in [-0.15, -0.1) is 0 Å². The van der Waals surface area contributed by atoms with E-state index >= 15 is 0 Å².